The van der Waals surface area contributed by atoms with Crippen LogP contribution in [0.15, 0.2) is 158 Å². The summed E-state index contributed by atoms with van der Waals surface area (Å²) >= 11 is 0. The minimum Gasteiger partial charge on any atom is -0.349 e. The van der Waals surface area contributed by atoms with Gasteiger partial charge in [0.1, 0.15) is 5.54 Å². The molecule has 5 aromatic carbocycles. The zero-order valence-corrected chi connectivity index (χ0v) is 27.8. The van der Waals surface area contributed by atoms with Crippen LogP contribution in [0.25, 0.3) is 10.9 Å². The summed E-state index contributed by atoms with van der Waals surface area (Å²) in [6.07, 6.45) is 1.63. The molecule has 8 heteroatoms. The Labute approximate surface area is 295 Å². The fraction of sp³-hybridized carbons (Fsp3) is 0.0930. The number of anilines is 1. The molecule has 0 saturated carbocycles. The van der Waals surface area contributed by atoms with E-state index in [0.717, 1.165) is 27.2 Å². The van der Waals surface area contributed by atoms with E-state index < -0.39 is 17.4 Å². The van der Waals surface area contributed by atoms with Crippen LogP contribution >= 0.6 is 0 Å². The molecule has 3 amide bonds. The standard InChI is InChI=1S/C43H33N5O3/c1-29(30-16-6-2-7-17-30)45-39(49)27-34-26-38-37(28-44-34)40(47-41(50)35-24-14-15-25-36(35)42(47)51)46-48(38)43(31-18-8-3-9-19-31,32-20-10-4-11-21-32)33-22-12-5-13-23-33/h2-26,28-29H,27H2,1H3,(H,45,49)/t29-/m1/s1. The highest BCUT2D eigenvalue weighted by Crippen LogP contribution is 2.44. The van der Waals surface area contributed by atoms with Crippen LogP contribution in [0.1, 0.15) is 61.6 Å². The molecule has 51 heavy (non-hydrogen) atoms. The fourth-order valence-electron chi connectivity index (χ4n) is 7.12. The molecular weight excluding hydrogens is 635 g/mol. The summed E-state index contributed by atoms with van der Waals surface area (Å²) in [5.74, 6) is -0.926. The molecule has 2 aromatic heterocycles. The fourth-order valence-corrected chi connectivity index (χ4v) is 7.12. The van der Waals surface area contributed by atoms with Crippen molar-refractivity contribution in [2.45, 2.75) is 24.9 Å². The summed E-state index contributed by atoms with van der Waals surface area (Å²) in [7, 11) is 0. The van der Waals surface area contributed by atoms with Crippen LogP contribution < -0.4 is 10.2 Å². The van der Waals surface area contributed by atoms with Gasteiger partial charge in [-0.15, -0.1) is 0 Å². The molecule has 8 rings (SSSR count). The number of imide groups is 1. The van der Waals surface area contributed by atoms with E-state index in [1.54, 1.807) is 30.5 Å². The van der Waals surface area contributed by atoms with Gasteiger partial charge in [-0.25, -0.2) is 9.58 Å². The number of amides is 3. The lowest BCUT2D eigenvalue weighted by Gasteiger charge is -2.37. The first-order valence-electron chi connectivity index (χ1n) is 16.8. The van der Waals surface area contributed by atoms with Crippen LogP contribution in [0, 0.1) is 0 Å². The summed E-state index contributed by atoms with van der Waals surface area (Å²) in [6, 6.07) is 48.3. The lowest BCUT2D eigenvalue weighted by atomic mass is 9.77. The van der Waals surface area contributed by atoms with E-state index in [2.05, 4.69) is 41.7 Å². The van der Waals surface area contributed by atoms with E-state index in [4.69, 9.17) is 10.1 Å². The first kappa shape index (κ1) is 31.6. The second-order valence-corrected chi connectivity index (χ2v) is 12.6. The molecule has 3 heterocycles. The molecule has 0 aliphatic carbocycles. The van der Waals surface area contributed by atoms with Crippen LogP contribution in [0.5, 0.6) is 0 Å². The van der Waals surface area contributed by atoms with Gasteiger partial charge in [-0.2, -0.15) is 5.10 Å². The molecule has 0 radical (unpaired) electrons. The topological polar surface area (TPSA) is 97.2 Å². The number of benzene rings is 5. The average molecular weight is 668 g/mol. The maximum Gasteiger partial charge on any atom is 0.267 e. The Morgan fingerprint density at radius 2 is 1.16 bits per heavy atom. The summed E-state index contributed by atoms with van der Waals surface area (Å²) in [5.41, 5.74) is 4.41. The highest BCUT2D eigenvalue weighted by molar-refractivity contribution is 6.35. The molecule has 1 aliphatic rings. The second kappa shape index (κ2) is 13.0. The van der Waals surface area contributed by atoms with E-state index >= 15 is 0 Å². The Morgan fingerprint density at radius 3 is 1.67 bits per heavy atom. The third-order valence-corrected chi connectivity index (χ3v) is 9.52. The summed E-state index contributed by atoms with van der Waals surface area (Å²) in [6.45, 7) is 1.95. The van der Waals surface area contributed by atoms with Crippen LogP contribution in [0.2, 0.25) is 0 Å². The minimum absolute atomic E-state index is 0.00958. The lowest BCUT2D eigenvalue weighted by Crippen LogP contribution is -2.39. The number of nitrogens with zero attached hydrogens (tertiary/aromatic N) is 4. The van der Waals surface area contributed by atoms with Crippen molar-refractivity contribution in [1.29, 1.82) is 0 Å². The van der Waals surface area contributed by atoms with Gasteiger partial charge in [0.15, 0.2) is 5.82 Å². The normalized spacial score (nSPS) is 13.3. The van der Waals surface area contributed by atoms with Gasteiger partial charge in [0.25, 0.3) is 11.8 Å². The van der Waals surface area contributed by atoms with E-state index in [9.17, 15) is 14.4 Å². The first-order valence-corrected chi connectivity index (χ1v) is 16.8. The Bertz CT molecular complexity index is 2260. The third-order valence-electron chi connectivity index (χ3n) is 9.52. The Balaban J connectivity index is 1.36. The number of fused-ring (bicyclic) bond motifs is 2. The zero-order valence-electron chi connectivity index (χ0n) is 27.8. The van der Waals surface area contributed by atoms with E-state index in [-0.39, 0.29) is 24.2 Å². The van der Waals surface area contributed by atoms with E-state index in [0.29, 0.717) is 27.7 Å². The van der Waals surface area contributed by atoms with E-state index in [1.807, 2.05) is 103 Å². The molecule has 0 saturated heterocycles. The Kier molecular flexibility index (Phi) is 8.04. The van der Waals surface area contributed by atoms with Crippen LogP contribution in [-0.2, 0) is 16.8 Å². The van der Waals surface area contributed by atoms with Crippen LogP contribution in [0.3, 0.4) is 0 Å². The second-order valence-electron chi connectivity index (χ2n) is 12.6. The number of carbonyl (C=O) groups is 3. The molecular formula is C43H33N5O3. The molecule has 0 spiro atoms. The number of nitrogens with one attached hydrogen (secondary N) is 1. The van der Waals surface area contributed by atoms with Gasteiger partial charge in [-0.05, 0) is 47.4 Å². The van der Waals surface area contributed by atoms with Crippen molar-refractivity contribution in [3.8, 4) is 0 Å². The predicted octanol–water partition coefficient (Wildman–Crippen LogP) is 7.49. The molecule has 1 N–H and O–H groups in total. The van der Waals surface area contributed by atoms with Crippen molar-refractivity contribution in [3.63, 3.8) is 0 Å². The van der Waals surface area contributed by atoms with Gasteiger partial charge in [0, 0.05) is 6.20 Å². The molecule has 7 aromatic rings. The predicted molar refractivity (Wildman–Crippen MR) is 196 cm³/mol. The molecule has 1 aliphatic heterocycles. The number of pyridine rings is 1. The van der Waals surface area contributed by atoms with Crippen molar-refractivity contribution in [3.05, 3.63) is 197 Å². The minimum atomic E-state index is -1.07. The van der Waals surface area contributed by atoms with Gasteiger partial charge in [-0.1, -0.05) is 133 Å². The first-order chi connectivity index (χ1) is 25.0. The third kappa shape index (κ3) is 5.38. The van der Waals surface area contributed by atoms with Crippen molar-refractivity contribution in [2.24, 2.45) is 0 Å². The molecule has 248 valence electrons. The monoisotopic (exact) mass is 667 g/mol. The summed E-state index contributed by atoms with van der Waals surface area (Å²) in [4.78, 5) is 47.2. The molecule has 1 atom stereocenters. The lowest BCUT2D eigenvalue weighted by molar-refractivity contribution is -0.121. The maximum absolute atomic E-state index is 13.9. The average Bonchev–Trinajstić information content (AvgIpc) is 3.66. The number of hydrogen-bond donors (Lipinski definition) is 1. The highest BCUT2D eigenvalue weighted by Gasteiger charge is 2.44. The molecule has 0 fully saturated rings. The van der Waals surface area contributed by atoms with Crippen molar-refractivity contribution < 1.29 is 14.4 Å². The molecule has 0 unspecified atom stereocenters. The van der Waals surface area contributed by atoms with Gasteiger partial charge < -0.3 is 5.32 Å². The quantitative estimate of drug-likeness (QED) is 0.127. The van der Waals surface area contributed by atoms with Crippen molar-refractivity contribution in [1.82, 2.24) is 20.1 Å². The van der Waals surface area contributed by atoms with E-state index in [1.165, 1.54) is 0 Å². The number of hydrogen-bond acceptors (Lipinski definition) is 5. The van der Waals surface area contributed by atoms with Gasteiger partial charge in [0.2, 0.25) is 5.91 Å². The zero-order chi connectivity index (χ0) is 35.0. The summed E-state index contributed by atoms with van der Waals surface area (Å²) < 4.78 is 1.89. The van der Waals surface area contributed by atoms with Crippen LogP contribution in [0.4, 0.5) is 5.82 Å². The maximum atomic E-state index is 13.9. The number of aromatic nitrogens is 3. The smallest absolute Gasteiger partial charge is 0.267 e. The summed E-state index contributed by atoms with van der Waals surface area (Å²) in [5, 5.41) is 8.81. The van der Waals surface area contributed by atoms with Crippen LogP contribution in [-0.4, -0.2) is 32.5 Å². The number of rotatable bonds is 9. The SMILES string of the molecule is C[C@@H](NC(=O)Cc1cc2c(cn1)c(N1C(=O)c3ccccc3C1=O)nn2C(c1ccccc1)(c1ccccc1)c1ccccc1)c1ccccc1. The Hall–Kier alpha value is -6.67. The van der Waals surface area contributed by atoms with Gasteiger partial charge in [-0.3, -0.25) is 19.4 Å². The molecule has 8 nitrogen and oxygen atoms in total. The van der Waals surface area contributed by atoms with Gasteiger partial charge in [0.05, 0.1) is 40.2 Å². The largest absolute Gasteiger partial charge is 0.349 e. The number of carbonyl (C=O) groups excluding carboxylic acids is 3. The Morgan fingerprint density at radius 1 is 0.686 bits per heavy atom. The van der Waals surface area contributed by atoms with Gasteiger partial charge >= 0.3 is 0 Å². The van der Waals surface area contributed by atoms with Crippen molar-refractivity contribution in [2.75, 3.05) is 4.90 Å². The van der Waals surface area contributed by atoms with Crippen molar-refractivity contribution >= 4 is 34.4 Å². The highest BCUT2D eigenvalue weighted by atomic mass is 16.2. The molecule has 0 bridgehead atoms.